The third kappa shape index (κ3) is 10.1. The summed E-state index contributed by atoms with van der Waals surface area (Å²) in [5, 5.41) is 0. The van der Waals surface area contributed by atoms with E-state index in [1.54, 1.807) is 0 Å². The van der Waals surface area contributed by atoms with Gasteiger partial charge in [0.05, 0.1) is 25.7 Å². The Morgan fingerprint density at radius 3 is 1.46 bits per heavy atom. The van der Waals surface area contributed by atoms with Crippen LogP contribution in [0, 0.1) is 0 Å². The number of esters is 1. The van der Waals surface area contributed by atoms with Crippen LogP contribution >= 0.6 is 0 Å². The van der Waals surface area contributed by atoms with Crippen molar-refractivity contribution in [2.75, 3.05) is 6.61 Å². The Hall–Kier alpha value is -1.63. The SMILES string of the molecule is C=CC(=O)OCC(F)(F)CC(F)(F)CC(F)(F)CC(F)(F)CC(F)(F)C(F)F. The number of hydrogen-bond donors (Lipinski definition) is 0. The van der Waals surface area contributed by atoms with Gasteiger partial charge in [0.2, 0.25) is 0 Å². The number of hydrogen-bond acceptors (Lipinski definition) is 2. The molecule has 0 aliphatic rings. The fraction of sp³-hybridized carbons (Fsp3) is 0.786. The van der Waals surface area contributed by atoms with Gasteiger partial charge in [-0.1, -0.05) is 6.58 Å². The molecule has 0 atom stereocenters. The molecule has 166 valence electrons. The molecule has 0 fully saturated rings. The van der Waals surface area contributed by atoms with Gasteiger partial charge in [-0.3, -0.25) is 0 Å². The Bertz CT molecular complexity index is 544. The van der Waals surface area contributed by atoms with Gasteiger partial charge in [-0.15, -0.1) is 0 Å². The van der Waals surface area contributed by atoms with E-state index in [0.29, 0.717) is 6.08 Å². The fourth-order valence-electron chi connectivity index (χ4n) is 2.03. The van der Waals surface area contributed by atoms with Crippen LogP contribution in [0.25, 0.3) is 0 Å². The van der Waals surface area contributed by atoms with E-state index in [0.717, 1.165) is 0 Å². The first kappa shape index (κ1) is 26.4. The van der Waals surface area contributed by atoms with Crippen LogP contribution in [0.15, 0.2) is 12.7 Å². The number of halogens is 12. The van der Waals surface area contributed by atoms with Crippen molar-refractivity contribution in [3.63, 3.8) is 0 Å². The van der Waals surface area contributed by atoms with Crippen LogP contribution in [0.2, 0.25) is 0 Å². The first-order valence-corrected chi connectivity index (χ1v) is 7.19. The fourth-order valence-corrected chi connectivity index (χ4v) is 2.03. The average Bonchev–Trinajstić information content (AvgIpc) is 2.39. The van der Waals surface area contributed by atoms with Crippen LogP contribution in [0.4, 0.5) is 52.7 Å². The van der Waals surface area contributed by atoms with Crippen molar-refractivity contribution in [3.05, 3.63) is 12.7 Å². The van der Waals surface area contributed by atoms with Gasteiger partial charge in [-0.05, 0) is 0 Å². The third-order valence-corrected chi connectivity index (χ3v) is 2.96. The van der Waals surface area contributed by atoms with Gasteiger partial charge in [0.25, 0.3) is 23.7 Å². The molecule has 0 heterocycles. The molecule has 0 N–H and O–H groups in total. The predicted molar refractivity (Wildman–Crippen MR) is 70.4 cm³/mol. The van der Waals surface area contributed by atoms with Gasteiger partial charge in [-0.25, -0.2) is 57.5 Å². The lowest BCUT2D eigenvalue weighted by atomic mass is 9.96. The molecule has 0 saturated carbocycles. The third-order valence-electron chi connectivity index (χ3n) is 2.96. The molecule has 28 heavy (non-hydrogen) atoms. The van der Waals surface area contributed by atoms with Crippen LogP contribution in [-0.4, -0.2) is 48.6 Å². The summed E-state index contributed by atoms with van der Waals surface area (Å²) in [6.07, 6.45) is -15.8. The molecule has 0 amide bonds. The van der Waals surface area contributed by atoms with Crippen LogP contribution in [0.1, 0.15) is 25.7 Å². The van der Waals surface area contributed by atoms with Gasteiger partial charge in [0, 0.05) is 6.08 Å². The molecule has 0 aromatic rings. The molecule has 0 radical (unpaired) electrons. The summed E-state index contributed by atoms with van der Waals surface area (Å²) in [5.74, 6) is -26.7. The molecule has 0 aromatic heterocycles. The second-order valence-electron chi connectivity index (χ2n) is 6.00. The molecule has 0 aliphatic heterocycles. The van der Waals surface area contributed by atoms with Gasteiger partial charge < -0.3 is 4.74 Å². The average molecular weight is 442 g/mol. The summed E-state index contributed by atoms with van der Waals surface area (Å²) in [4.78, 5) is 10.6. The van der Waals surface area contributed by atoms with Gasteiger partial charge in [-0.2, -0.15) is 0 Å². The number of carbonyl (C=O) groups is 1. The van der Waals surface area contributed by atoms with Gasteiger partial charge in [0.1, 0.15) is 0 Å². The molecule has 0 aromatic carbocycles. The topological polar surface area (TPSA) is 26.3 Å². The molecule has 0 saturated heterocycles. The zero-order chi connectivity index (χ0) is 22.6. The minimum atomic E-state index is -5.37. The highest BCUT2D eigenvalue weighted by molar-refractivity contribution is 5.81. The van der Waals surface area contributed by atoms with Crippen molar-refractivity contribution in [2.24, 2.45) is 0 Å². The summed E-state index contributed by atoms with van der Waals surface area (Å²) in [7, 11) is 0. The maximum atomic E-state index is 13.4. The molecule has 0 aliphatic carbocycles. The highest BCUT2D eigenvalue weighted by Gasteiger charge is 2.56. The van der Waals surface area contributed by atoms with Crippen LogP contribution in [-0.2, 0) is 9.53 Å². The van der Waals surface area contributed by atoms with Crippen molar-refractivity contribution < 1.29 is 62.2 Å². The minimum absolute atomic E-state index is 0.402. The maximum absolute atomic E-state index is 13.4. The molecule has 0 rings (SSSR count). The zero-order valence-electron chi connectivity index (χ0n) is 13.7. The van der Waals surface area contributed by atoms with E-state index >= 15 is 0 Å². The highest BCUT2D eigenvalue weighted by Crippen LogP contribution is 2.45. The summed E-state index contributed by atoms with van der Waals surface area (Å²) in [6.45, 7) is 0.868. The second-order valence-corrected chi connectivity index (χ2v) is 6.00. The largest absolute Gasteiger partial charge is 0.456 e. The summed E-state index contributed by atoms with van der Waals surface area (Å²) in [5.41, 5.74) is 0. The van der Waals surface area contributed by atoms with Crippen LogP contribution in [0.5, 0.6) is 0 Å². The Labute approximate surface area is 150 Å². The van der Waals surface area contributed by atoms with E-state index < -0.39 is 74.3 Å². The molecular formula is C14H14F12O2. The molecule has 2 nitrogen and oxygen atoms in total. The lowest BCUT2D eigenvalue weighted by molar-refractivity contribution is -0.213. The normalized spacial score (nSPS) is 14.3. The highest BCUT2D eigenvalue weighted by atomic mass is 19.3. The van der Waals surface area contributed by atoms with Crippen molar-refractivity contribution in [3.8, 4) is 0 Å². The van der Waals surface area contributed by atoms with Gasteiger partial charge in [0.15, 0.2) is 6.61 Å². The van der Waals surface area contributed by atoms with E-state index in [4.69, 9.17) is 0 Å². The Morgan fingerprint density at radius 1 is 0.750 bits per heavy atom. The molecule has 0 unspecified atom stereocenters. The zero-order valence-corrected chi connectivity index (χ0v) is 13.7. The Kier molecular flexibility index (Phi) is 8.29. The standard InChI is InChI=1S/C14H14F12O2/c1-2-8(27)28-7-13(23,24)5-11(19,20)3-10(17,18)4-12(21,22)6-14(25,26)9(15)16/h2,9H,1,3-7H2. The van der Waals surface area contributed by atoms with Crippen LogP contribution < -0.4 is 0 Å². The number of rotatable bonds is 12. The van der Waals surface area contributed by atoms with E-state index in [9.17, 15) is 57.5 Å². The van der Waals surface area contributed by atoms with Crippen molar-refractivity contribution in [1.82, 2.24) is 0 Å². The van der Waals surface area contributed by atoms with Crippen LogP contribution in [0.3, 0.4) is 0 Å². The molecule has 0 bridgehead atoms. The maximum Gasteiger partial charge on any atom is 0.330 e. The monoisotopic (exact) mass is 442 g/mol. The van der Waals surface area contributed by atoms with Crippen molar-refractivity contribution in [2.45, 2.75) is 61.7 Å². The predicted octanol–water partition coefficient (Wildman–Crippen LogP) is 5.72. The second kappa shape index (κ2) is 8.80. The first-order chi connectivity index (χ1) is 12.2. The molecular weight excluding hydrogens is 428 g/mol. The first-order valence-electron chi connectivity index (χ1n) is 7.19. The quantitative estimate of drug-likeness (QED) is 0.220. The van der Waals surface area contributed by atoms with E-state index in [1.807, 2.05) is 0 Å². The number of carbonyl (C=O) groups excluding carboxylic acids is 1. The van der Waals surface area contributed by atoms with E-state index in [-0.39, 0.29) is 0 Å². The van der Waals surface area contributed by atoms with Crippen molar-refractivity contribution in [1.29, 1.82) is 0 Å². The molecule has 0 spiro atoms. The Balaban J connectivity index is 5.04. The summed E-state index contributed by atoms with van der Waals surface area (Å²) >= 11 is 0. The molecule has 14 heteroatoms. The van der Waals surface area contributed by atoms with E-state index in [2.05, 4.69) is 11.3 Å². The summed E-state index contributed by atoms with van der Waals surface area (Å²) < 4.78 is 159. The lowest BCUT2D eigenvalue weighted by Crippen LogP contribution is -2.42. The van der Waals surface area contributed by atoms with E-state index in [1.165, 1.54) is 0 Å². The van der Waals surface area contributed by atoms with Crippen molar-refractivity contribution >= 4 is 5.97 Å². The summed E-state index contributed by atoms with van der Waals surface area (Å²) in [6, 6.07) is 0. The Morgan fingerprint density at radius 2 is 1.11 bits per heavy atom. The number of ether oxygens (including phenoxy) is 1. The minimum Gasteiger partial charge on any atom is -0.456 e. The number of alkyl halides is 12. The smallest absolute Gasteiger partial charge is 0.330 e. The lowest BCUT2D eigenvalue weighted by Gasteiger charge is -2.29. The van der Waals surface area contributed by atoms with Gasteiger partial charge >= 0.3 is 18.3 Å².